The highest BCUT2D eigenvalue weighted by molar-refractivity contribution is 5.29. The van der Waals surface area contributed by atoms with E-state index in [9.17, 15) is 13.2 Å². The van der Waals surface area contributed by atoms with Crippen molar-refractivity contribution in [1.82, 2.24) is 10.3 Å². The molecule has 0 radical (unpaired) electrons. The van der Waals surface area contributed by atoms with Crippen LogP contribution in [-0.4, -0.2) is 11.3 Å². The molecule has 1 heterocycles. The predicted octanol–water partition coefficient (Wildman–Crippen LogP) is 3.83. The predicted molar refractivity (Wildman–Crippen MR) is 72.6 cm³/mol. The molecule has 21 heavy (non-hydrogen) atoms. The molecule has 0 amide bonds. The number of benzene rings is 1. The lowest BCUT2D eigenvalue weighted by Crippen LogP contribution is -2.19. The lowest BCUT2D eigenvalue weighted by atomic mass is 10.1. The minimum atomic E-state index is -4.66. The largest absolute Gasteiger partial charge is 0.573 e. The molecule has 2 aromatic rings. The van der Waals surface area contributed by atoms with E-state index in [4.69, 9.17) is 0 Å². The average Bonchev–Trinajstić information content (AvgIpc) is 2.45. The van der Waals surface area contributed by atoms with Gasteiger partial charge in [0.1, 0.15) is 5.75 Å². The van der Waals surface area contributed by atoms with Crippen LogP contribution < -0.4 is 10.1 Å². The SMILES string of the molecule is CC(NCc1ccccn1)c1ccc(OC(F)(F)F)cc1. The zero-order valence-electron chi connectivity index (χ0n) is 11.4. The fraction of sp³-hybridized carbons (Fsp3) is 0.267. The summed E-state index contributed by atoms with van der Waals surface area (Å²) in [5.41, 5.74) is 1.78. The third-order valence-electron chi connectivity index (χ3n) is 2.93. The summed E-state index contributed by atoms with van der Waals surface area (Å²) in [6.45, 7) is 2.52. The van der Waals surface area contributed by atoms with E-state index < -0.39 is 6.36 Å². The topological polar surface area (TPSA) is 34.2 Å². The number of pyridine rings is 1. The average molecular weight is 296 g/mol. The van der Waals surface area contributed by atoms with Crippen LogP contribution in [0.1, 0.15) is 24.2 Å². The molecule has 112 valence electrons. The second-order valence-corrected chi connectivity index (χ2v) is 4.54. The third-order valence-corrected chi connectivity index (χ3v) is 2.93. The van der Waals surface area contributed by atoms with Gasteiger partial charge in [-0.05, 0) is 36.8 Å². The Morgan fingerprint density at radius 3 is 2.43 bits per heavy atom. The molecule has 6 heteroatoms. The Bertz CT molecular complexity index is 555. The summed E-state index contributed by atoms with van der Waals surface area (Å²) in [5, 5.41) is 3.26. The maximum atomic E-state index is 12.1. The molecule has 1 aromatic heterocycles. The van der Waals surface area contributed by atoms with Gasteiger partial charge in [0.2, 0.25) is 0 Å². The molecule has 2 rings (SSSR count). The number of alkyl halides is 3. The Hall–Kier alpha value is -2.08. The van der Waals surface area contributed by atoms with E-state index >= 15 is 0 Å². The molecule has 0 fully saturated rings. The molecular weight excluding hydrogens is 281 g/mol. The van der Waals surface area contributed by atoms with E-state index in [1.54, 1.807) is 18.3 Å². The second-order valence-electron chi connectivity index (χ2n) is 4.54. The number of hydrogen-bond donors (Lipinski definition) is 1. The zero-order valence-corrected chi connectivity index (χ0v) is 11.4. The van der Waals surface area contributed by atoms with Gasteiger partial charge in [-0.25, -0.2) is 0 Å². The van der Waals surface area contributed by atoms with Gasteiger partial charge in [-0.2, -0.15) is 0 Å². The Kier molecular flexibility index (Phi) is 4.80. The van der Waals surface area contributed by atoms with Crippen molar-refractivity contribution >= 4 is 0 Å². The lowest BCUT2D eigenvalue weighted by Gasteiger charge is -2.15. The molecule has 0 bridgehead atoms. The molecule has 0 aliphatic carbocycles. The van der Waals surface area contributed by atoms with Crippen LogP contribution in [0.4, 0.5) is 13.2 Å². The van der Waals surface area contributed by atoms with E-state index in [0.29, 0.717) is 6.54 Å². The summed E-state index contributed by atoms with van der Waals surface area (Å²) in [6.07, 6.45) is -2.95. The van der Waals surface area contributed by atoms with Crippen LogP contribution in [0.25, 0.3) is 0 Å². The van der Waals surface area contributed by atoms with Crippen LogP contribution in [-0.2, 0) is 6.54 Å². The number of hydrogen-bond acceptors (Lipinski definition) is 3. The van der Waals surface area contributed by atoms with Crippen molar-refractivity contribution in [3.05, 3.63) is 59.9 Å². The molecule has 0 saturated carbocycles. The highest BCUT2D eigenvalue weighted by atomic mass is 19.4. The Labute approximate surface area is 120 Å². The molecule has 1 N–H and O–H groups in total. The Morgan fingerprint density at radius 1 is 1.14 bits per heavy atom. The van der Waals surface area contributed by atoms with Gasteiger partial charge in [0.05, 0.1) is 5.69 Å². The minimum absolute atomic E-state index is 0.00746. The van der Waals surface area contributed by atoms with Gasteiger partial charge in [-0.1, -0.05) is 18.2 Å². The third kappa shape index (κ3) is 5.07. The van der Waals surface area contributed by atoms with Gasteiger partial charge in [-0.3, -0.25) is 4.98 Å². The first-order chi connectivity index (χ1) is 9.94. The standard InChI is InChI=1S/C15H15F3N2O/c1-11(20-10-13-4-2-3-9-19-13)12-5-7-14(8-6-12)21-15(16,17)18/h2-9,11,20H,10H2,1H3. The lowest BCUT2D eigenvalue weighted by molar-refractivity contribution is -0.274. The summed E-state index contributed by atoms with van der Waals surface area (Å²) < 4.78 is 40.0. The number of nitrogens with zero attached hydrogens (tertiary/aromatic N) is 1. The Morgan fingerprint density at radius 2 is 1.86 bits per heavy atom. The first-order valence-corrected chi connectivity index (χ1v) is 6.43. The van der Waals surface area contributed by atoms with E-state index in [-0.39, 0.29) is 11.8 Å². The number of rotatable bonds is 5. The summed E-state index contributed by atoms with van der Waals surface area (Å²) in [4.78, 5) is 4.19. The van der Waals surface area contributed by atoms with Gasteiger partial charge in [0, 0.05) is 18.8 Å². The number of nitrogens with one attached hydrogen (secondary N) is 1. The summed E-state index contributed by atoms with van der Waals surface area (Å²) in [7, 11) is 0. The van der Waals surface area contributed by atoms with E-state index in [1.807, 2.05) is 25.1 Å². The molecule has 0 saturated heterocycles. The smallest absolute Gasteiger partial charge is 0.406 e. The van der Waals surface area contributed by atoms with Gasteiger partial charge in [-0.15, -0.1) is 13.2 Å². The molecule has 0 aliphatic rings. The van der Waals surface area contributed by atoms with Crippen molar-refractivity contribution in [2.75, 3.05) is 0 Å². The molecule has 0 spiro atoms. The van der Waals surface area contributed by atoms with Crippen LogP contribution in [0.2, 0.25) is 0 Å². The van der Waals surface area contributed by atoms with Gasteiger partial charge in [0.15, 0.2) is 0 Å². The van der Waals surface area contributed by atoms with Crippen molar-refractivity contribution in [2.24, 2.45) is 0 Å². The molecule has 1 unspecified atom stereocenters. The number of aromatic nitrogens is 1. The van der Waals surface area contributed by atoms with Crippen LogP contribution in [0, 0.1) is 0 Å². The maximum absolute atomic E-state index is 12.1. The number of ether oxygens (including phenoxy) is 1. The highest BCUT2D eigenvalue weighted by Crippen LogP contribution is 2.24. The summed E-state index contributed by atoms with van der Waals surface area (Å²) >= 11 is 0. The van der Waals surface area contributed by atoms with Crippen molar-refractivity contribution in [3.63, 3.8) is 0 Å². The quantitative estimate of drug-likeness (QED) is 0.910. The minimum Gasteiger partial charge on any atom is -0.406 e. The molecule has 3 nitrogen and oxygen atoms in total. The van der Waals surface area contributed by atoms with E-state index in [2.05, 4.69) is 15.0 Å². The molecule has 1 aromatic carbocycles. The van der Waals surface area contributed by atoms with Gasteiger partial charge in [0.25, 0.3) is 0 Å². The molecule has 1 atom stereocenters. The van der Waals surface area contributed by atoms with Crippen molar-refractivity contribution in [1.29, 1.82) is 0 Å². The summed E-state index contributed by atoms with van der Waals surface area (Å²) in [5.74, 6) is -0.219. The van der Waals surface area contributed by atoms with Crippen LogP contribution in [0.3, 0.4) is 0 Å². The monoisotopic (exact) mass is 296 g/mol. The fourth-order valence-electron chi connectivity index (χ4n) is 1.84. The maximum Gasteiger partial charge on any atom is 0.573 e. The van der Waals surface area contributed by atoms with E-state index in [1.165, 1.54) is 12.1 Å². The van der Waals surface area contributed by atoms with Crippen LogP contribution in [0.5, 0.6) is 5.75 Å². The first kappa shape index (κ1) is 15.3. The second kappa shape index (κ2) is 6.58. The van der Waals surface area contributed by atoms with Crippen LogP contribution in [0.15, 0.2) is 48.7 Å². The van der Waals surface area contributed by atoms with Gasteiger partial charge < -0.3 is 10.1 Å². The Balaban J connectivity index is 1.92. The van der Waals surface area contributed by atoms with Crippen LogP contribution >= 0.6 is 0 Å². The zero-order chi connectivity index (χ0) is 15.3. The van der Waals surface area contributed by atoms with Crippen molar-refractivity contribution in [2.45, 2.75) is 25.9 Å². The van der Waals surface area contributed by atoms with Crippen molar-refractivity contribution < 1.29 is 17.9 Å². The highest BCUT2D eigenvalue weighted by Gasteiger charge is 2.30. The number of halogens is 3. The van der Waals surface area contributed by atoms with E-state index in [0.717, 1.165) is 11.3 Å². The van der Waals surface area contributed by atoms with Gasteiger partial charge >= 0.3 is 6.36 Å². The fourth-order valence-corrected chi connectivity index (χ4v) is 1.84. The summed E-state index contributed by atoms with van der Waals surface area (Å²) in [6, 6.07) is 11.5. The first-order valence-electron chi connectivity index (χ1n) is 6.43. The molecular formula is C15H15F3N2O. The van der Waals surface area contributed by atoms with Crippen molar-refractivity contribution in [3.8, 4) is 5.75 Å². The normalized spacial score (nSPS) is 13.0. The molecule has 0 aliphatic heterocycles.